The summed E-state index contributed by atoms with van der Waals surface area (Å²) < 4.78 is 5.70. The fourth-order valence-corrected chi connectivity index (χ4v) is 3.06. The molecule has 0 unspecified atom stereocenters. The van der Waals surface area contributed by atoms with Crippen molar-refractivity contribution < 1.29 is 14.9 Å². The maximum Gasteiger partial charge on any atom is 0.156 e. The molecule has 21 heavy (non-hydrogen) atoms. The molecule has 4 N–H and O–H groups in total. The molecule has 0 bridgehead atoms. The second kappa shape index (κ2) is 8.33. The normalized spacial score (nSPS) is 34.6. The molecule has 0 spiro atoms. The minimum absolute atomic E-state index is 0.338. The van der Waals surface area contributed by atoms with Crippen LogP contribution in [-0.2, 0) is 4.74 Å². The summed E-state index contributed by atoms with van der Waals surface area (Å²) in [6, 6.07) is 0.131. The Morgan fingerprint density at radius 2 is 2.10 bits per heavy atom. The van der Waals surface area contributed by atoms with Crippen LogP contribution in [-0.4, -0.2) is 71.7 Å². The molecule has 0 aromatic heterocycles. The number of thioether (sulfide) groups is 1. The van der Waals surface area contributed by atoms with Gasteiger partial charge >= 0.3 is 0 Å². The molecule has 0 aromatic rings. The smallest absolute Gasteiger partial charge is 0.156 e. The van der Waals surface area contributed by atoms with Crippen molar-refractivity contribution in [2.75, 3.05) is 26.0 Å². The Morgan fingerprint density at radius 3 is 2.67 bits per heavy atom. The third-order valence-electron chi connectivity index (χ3n) is 4.12. The maximum atomic E-state index is 10.3. The average molecular weight is 317 g/mol. The molecule has 7 heteroatoms. The molecule has 1 aliphatic carbocycles. The first-order valence-electron chi connectivity index (χ1n) is 7.72. The zero-order chi connectivity index (χ0) is 15.2. The monoisotopic (exact) mass is 317 g/mol. The molecular formula is C14H27N3O3S. The molecule has 0 amide bonds. The van der Waals surface area contributed by atoms with Crippen molar-refractivity contribution in [1.82, 2.24) is 10.6 Å². The van der Waals surface area contributed by atoms with E-state index in [0.29, 0.717) is 19.2 Å². The van der Waals surface area contributed by atoms with Crippen LogP contribution >= 0.6 is 11.8 Å². The van der Waals surface area contributed by atoms with Crippen LogP contribution in [0.3, 0.4) is 0 Å². The summed E-state index contributed by atoms with van der Waals surface area (Å²) in [5, 5.41) is 27.7. The van der Waals surface area contributed by atoms with Gasteiger partial charge in [-0.25, -0.2) is 0 Å². The summed E-state index contributed by atoms with van der Waals surface area (Å²) in [6.45, 7) is 3.70. The number of aliphatic hydroxyl groups is 2. The van der Waals surface area contributed by atoms with E-state index in [-0.39, 0.29) is 6.10 Å². The van der Waals surface area contributed by atoms with Crippen LogP contribution in [0, 0.1) is 0 Å². The van der Waals surface area contributed by atoms with Crippen LogP contribution in [0.1, 0.15) is 26.2 Å². The average Bonchev–Trinajstić information content (AvgIpc) is 2.43. The SMILES string of the molecule is CCN/C(=N/[C@H]1CO[C@H](CNC2CCC2)[C@@H](O)[C@@H]1O)SC. The Kier molecular flexibility index (Phi) is 6.75. The van der Waals surface area contributed by atoms with E-state index >= 15 is 0 Å². The third kappa shape index (κ3) is 4.56. The fourth-order valence-electron chi connectivity index (χ4n) is 2.53. The zero-order valence-corrected chi connectivity index (χ0v) is 13.6. The lowest BCUT2D eigenvalue weighted by Gasteiger charge is -2.37. The van der Waals surface area contributed by atoms with Gasteiger partial charge in [0, 0.05) is 19.1 Å². The summed E-state index contributed by atoms with van der Waals surface area (Å²) >= 11 is 1.50. The highest BCUT2D eigenvalue weighted by atomic mass is 32.2. The van der Waals surface area contributed by atoms with Gasteiger partial charge in [-0.1, -0.05) is 18.2 Å². The van der Waals surface area contributed by atoms with Gasteiger partial charge in [0.1, 0.15) is 18.2 Å². The van der Waals surface area contributed by atoms with Gasteiger partial charge in [0.05, 0.1) is 12.7 Å². The molecule has 1 saturated heterocycles. The van der Waals surface area contributed by atoms with Crippen molar-refractivity contribution in [3.05, 3.63) is 0 Å². The lowest BCUT2D eigenvalue weighted by Crippen LogP contribution is -2.56. The molecule has 1 heterocycles. The van der Waals surface area contributed by atoms with Crippen LogP contribution in [0.2, 0.25) is 0 Å². The molecule has 0 aromatic carbocycles. The minimum atomic E-state index is -0.898. The van der Waals surface area contributed by atoms with E-state index < -0.39 is 18.2 Å². The van der Waals surface area contributed by atoms with E-state index in [9.17, 15) is 10.2 Å². The summed E-state index contributed by atoms with van der Waals surface area (Å²) in [6.07, 6.45) is 3.45. The summed E-state index contributed by atoms with van der Waals surface area (Å²) in [5.74, 6) is 0. The van der Waals surface area contributed by atoms with Gasteiger partial charge in [-0.05, 0) is 26.0 Å². The summed E-state index contributed by atoms with van der Waals surface area (Å²) in [4.78, 5) is 4.45. The van der Waals surface area contributed by atoms with Crippen LogP contribution in [0.25, 0.3) is 0 Å². The van der Waals surface area contributed by atoms with Crippen molar-refractivity contribution in [2.24, 2.45) is 4.99 Å². The maximum absolute atomic E-state index is 10.3. The van der Waals surface area contributed by atoms with E-state index in [4.69, 9.17) is 4.74 Å². The van der Waals surface area contributed by atoms with E-state index in [0.717, 1.165) is 11.7 Å². The number of rotatable bonds is 5. The van der Waals surface area contributed by atoms with Gasteiger partial charge < -0.3 is 25.6 Å². The minimum Gasteiger partial charge on any atom is -0.388 e. The lowest BCUT2D eigenvalue weighted by atomic mass is 9.92. The molecular weight excluding hydrogens is 290 g/mol. The Balaban J connectivity index is 1.85. The molecule has 0 radical (unpaired) electrons. The molecule has 2 aliphatic rings. The standard InChI is InChI=1S/C14H27N3O3S/c1-3-15-14(21-2)17-10-8-20-11(13(19)12(10)18)7-16-9-5-4-6-9/h9-13,16,18-19H,3-8H2,1-2H3,(H,15,17)/t10-,11+,12+,13+/m0/s1. The largest absolute Gasteiger partial charge is 0.388 e. The Labute approximate surface area is 130 Å². The first-order chi connectivity index (χ1) is 10.2. The quantitative estimate of drug-likeness (QED) is 0.420. The predicted molar refractivity (Wildman–Crippen MR) is 85.8 cm³/mol. The number of nitrogens with zero attached hydrogens (tertiary/aromatic N) is 1. The number of hydrogen-bond acceptors (Lipinski definition) is 6. The number of ether oxygens (including phenoxy) is 1. The van der Waals surface area contributed by atoms with E-state index in [1.807, 2.05) is 13.2 Å². The second-order valence-electron chi connectivity index (χ2n) is 5.63. The molecule has 2 rings (SSSR count). The van der Waals surface area contributed by atoms with Crippen molar-refractivity contribution in [2.45, 2.75) is 56.6 Å². The number of aliphatic hydroxyl groups excluding tert-OH is 2. The van der Waals surface area contributed by atoms with E-state index in [2.05, 4.69) is 15.6 Å². The van der Waals surface area contributed by atoms with Crippen LogP contribution < -0.4 is 10.6 Å². The molecule has 1 saturated carbocycles. The number of aliphatic imine (C=N–C) groups is 1. The number of amidine groups is 1. The highest BCUT2D eigenvalue weighted by Gasteiger charge is 2.38. The van der Waals surface area contributed by atoms with Crippen LogP contribution in [0.4, 0.5) is 0 Å². The Bertz CT molecular complexity index is 352. The van der Waals surface area contributed by atoms with Crippen molar-refractivity contribution in [3.8, 4) is 0 Å². The summed E-state index contributed by atoms with van der Waals surface area (Å²) in [7, 11) is 0. The molecule has 122 valence electrons. The van der Waals surface area contributed by atoms with Gasteiger partial charge in [0.15, 0.2) is 5.17 Å². The second-order valence-corrected chi connectivity index (χ2v) is 6.42. The number of nitrogens with one attached hydrogen (secondary N) is 2. The molecule has 6 nitrogen and oxygen atoms in total. The van der Waals surface area contributed by atoms with E-state index in [1.165, 1.54) is 31.0 Å². The summed E-state index contributed by atoms with van der Waals surface area (Å²) in [5.41, 5.74) is 0. The molecule has 1 aliphatic heterocycles. The highest BCUT2D eigenvalue weighted by Crippen LogP contribution is 2.21. The fraction of sp³-hybridized carbons (Fsp3) is 0.929. The van der Waals surface area contributed by atoms with E-state index in [1.54, 1.807) is 0 Å². The topological polar surface area (TPSA) is 86.1 Å². The lowest BCUT2D eigenvalue weighted by molar-refractivity contribution is -0.142. The van der Waals surface area contributed by atoms with Crippen molar-refractivity contribution >= 4 is 16.9 Å². The van der Waals surface area contributed by atoms with Crippen molar-refractivity contribution in [1.29, 1.82) is 0 Å². The molecule has 2 fully saturated rings. The predicted octanol–water partition coefficient (Wildman–Crippen LogP) is -0.0538. The van der Waals surface area contributed by atoms with Gasteiger partial charge in [-0.15, -0.1) is 0 Å². The Morgan fingerprint density at radius 1 is 1.33 bits per heavy atom. The highest BCUT2D eigenvalue weighted by molar-refractivity contribution is 8.13. The van der Waals surface area contributed by atoms with Gasteiger partial charge in [-0.2, -0.15) is 0 Å². The molecule has 4 atom stereocenters. The Hall–Kier alpha value is -0.340. The van der Waals surface area contributed by atoms with Gasteiger partial charge in [0.2, 0.25) is 0 Å². The van der Waals surface area contributed by atoms with Crippen molar-refractivity contribution in [3.63, 3.8) is 0 Å². The number of hydrogen-bond donors (Lipinski definition) is 4. The van der Waals surface area contributed by atoms with Crippen LogP contribution in [0.15, 0.2) is 4.99 Å². The zero-order valence-electron chi connectivity index (χ0n) is 12.8. The third-order valence-corrected chi connectivity index (χ3v) is 4.76. The first kappa shape index (κ1) is 17.0. The first-order valence-corrected chi connectivity index (χ1v) is 8.95. The van der Waals surface area contributed by atoms with Crippen LogP contribution in [0.5, 0.6) is 0 Å². The van der Waals surface area contributed by atoms with Gasteiger partial charge in [-0.3, -0.25) is 4.99 Å². The van der Waals surface area contributed by atoms with Gasteiger partial charge in [0.25, 0.3) is 0 Å².